The number of halogens is 2. The van der Waals surface area contributed by atoms with Gasteiger partial charge in [-0.05, 0) is 42.5 Å². The zero-order valence-electron chi connectivity index (χ0n) is 11.0. The third-order valence-electron chi connectivity index (χ3n) is 2.63. The molecular formula is C15H13BrFNO3. The van der Waals surface area contributed by atoms with E-state index in [0.29, 0.717) is 21.5 Å². The number of ether oxygens (including phenoxy) is 2. The number of anilines is 1. The molecule has 0 saturated carbocycles. The number of esters is 1. The van der Waals surface area contributed by atoms with Crippen molar-refractivity contribution in [2.24, 2.45) is 0 Å². The molecule has 0 radical (unpaired) electrons. The maximum atomic E-state index is 13.1. The Balaban J connectivity index is 1.82. The van der Waals surface area contributed by atoms with E-state index in [9.17, 15) is 9.18 Å². The van der Waals surface area contributed by atoms with E-state index in [0.717, 1.165) is 0 Å². The van der Waals surface area contributed by atoms with Crippen LogP contribution in [-0.4, -0.2) is 12.6 Å². The lowest BCUT2D eigenvalue weighted by Crippen LogP contribution is -2.15. The lowest BCUT2D eigenvalue weighted by molar-refractivity contribution is -0.147. The number of hydrogen-bond donors (Lipinski definition) is 1. The van der Waals surface area contributed by atoms with Crippen LogP contribution < -0.4 is 10.5 Å². The third kappa shape index (κ3) is 4.75. The summed E-state index contributed by atoms with van der Waals surface area (Å²) < 4.78 is 24.0. The first-order valence-corrected chi connectivity index (χ1v) is 6.92. The molecule has 0 fully saturated rings. The first-order valence-electron chi connectivity index (χ1n) is 6.12. The Morgan fingerprint density at radius 2 is 1.90 bits per heavy atom. The standard InChI is InChI=1S/C15H13BrFNO3/c16-14-6-1-11(17)7-10(14)8-21-15(19)9-20-13-4-2-12(18)3-5-13/h1-7H,8-9,18H2. The summed E-state index contributed by atoms with van der Waals surface area (Å²) in [7, 11) is 0. The molecule has 0 aromatic heterocycles. The summed E-state index contributed by atoms with van der Waals surface area (Å²) in [6, 6.07) is 10.8. The average Bonchev–Trinajstić information content (AvgIpc) is 2.47. The van der Waals surface area contributed by atoms with Gasteiger partial charge in [0.05, 0.1) is 0 Å². The molecule has 0 unspecified atom stereocenters. The molecule has 2 rings (SSSR count). The van der Waals surface area contributed by atoms with Crippen LogP contribution in [0.1, 0.15) is 5.56 Å². The van der Waals surface area contributed by atoms with E-state index >= 15 is 0 Å². The van der Waals surface area contributed by atoms with Gasteiger partial charge in [-0.3, -0.25) is 0 Å². The number of benzene rings is 2. The topological polar surface area (TPSA) is 61.5 Å². The van der Waals surface area contributed by atoms with Gasteiger partial charge in [0.25, 0.3) is 0 Å². The molecule has 0 heterocycles. The van der Waals surface area contributed by atoms with Crippen molar-refractivity contribution in [1.29, 1.82) is 0 Å². The second-order valence-electron chi connectivity index (χ2n) is 4.25. The zero-order valence-corrected chi connectivity index (χ0v) is 12.6. The van der Waals surface area contributed by atoms with Gasteiger partial charge in [0, 0.05) is 15.7 Å². The number of carbonyl (C=O) groups is 1. The average molecular weight is 354 g/mol. The summed E-state index contributed by atoms with van der Waals surface area (Å²) in [6.07, 6.45) is 0. The van der Waals surface area contributed by atoms with Crippen molar-refractivity contribution in [3.05, 3.63) is 58.3 Å². The second kappa shape index (κ2) is 7.08. The Kier molecular flexibility index (Phi) is 5.16. The number of rotatable bonds is 5. The molecule has 0 bridgehead atoms. The second-order valence-corrected chi connectivity index (χ2v) is 5.11. The van der Waals surface area contributed by atoms with Crippen LogP contribution >= 0.6 is 15.9 Å². The van der Waals surface area contributed by atoms with Gasteiger partial charge in [0.15, 0.2) is 6.61 Å². The van der Waals surface area contributed by atoms with Crippen LogP contribution in [0.2, 0.25) is 0 Å². The Hall–Kier alpha value is -2.08. The van der Waals surface area contributed by atoms with E-state index in [-0.39, 0.29) is 19.0 Å². The van der Waals surface area contributed by atoms with E-state index in [1.807, 2.05) is 0 Å². The van der Waals surface area contributed by atoms with Gasteiger partial charge in [0.1, 0.15) is 18.2 Å². The molecule has 0 atom stereocenters. The van der Waals surface area contributed by atoms with Crippen molar-refractivity contribution in [3.63, 3.8) is 0 Å². The normalized spacial score (nSPS) is 10.2. The van der Waals surface area contributed by atoms with Crippen molar-refractivity contribution < 1.29 is 18.7 Å². The van der Waals surface area contributed by atoms with E-state index in [1.165, 1.54) is 12.1 Å². The molecule has 0 aliphatic heterocycles. The third-order valence-corrected chi connectivity index (χ3v) is 3.41. The fraction of sp³-hybridized carbons (Fsp3) is 0.133. The molecule has 0 saturated heterocycles. The quantitative estimate of drug-likeness (QED) is 0.661. The number of hydrogen-bond acceptors (Lipinski definition) is 4. The number of nitrogens with two attached hydrogens (primary N) is 1. The summed E-state index contributed by atoms with van der Waals surface area (Å²) >= 11 is 3.26. The Morgan fingerprint density at radius 1 is 1.19 bits per heavy atom. The number of carbonyl (C=O) groups excluding carboxylic acids is 1. The summed E-state index contributed by atoms with van der Waals surface area (Å²) in [5.41, 5.74) is 6.70. The molecule has 0 aliphatic carbocycles. The predicted molar refractivity (Wildman–Crippen MR) is 80.2 cm³/mol. The molecule has 0 aliphatic rings. The highest BCUT2D eigenvalue weighted by molar-refractivity contribution is 9.10. The van der Waals surface area contributed by atoms with Crippen molar-refractivity contribution in [3.8, 4) is 5.75 Å². The molecule has 21 heavy (non-hydrogen) atoms. The monoisotopic (exact) mass is 353 g/mol. The first-order chi connectivity index (χ1) is 10.0. The highest BCUT2D eigenvalue weighted by Crippen LogP contribution is 2.19. The summed E-state index contributed by atoms with van der Waals surface area (Å²) in [4.78, 5) is 11.6. The minimum Gasteiger partial charge on any atom is -0.482 e. The van der Waals surface area contributed by atoms with Crippen LogP contribution in [0, 0.1) is 5.82 Å². The van der Waals surface area contributed by atoms with Crippen LogP contribution in [0.25, 0.3) is 0 Å². The molecule has 110 valence electrons. The number of nitrogen functional groups attached to an aromatic ring is 1. The summed E-state index contributed by atoms with van der Waals surface area (Å²) in [5, 5.41) is 0. The smallest absolute Gasteiger partial charge is 0.344 e. The largest absolute Gasteiger partial charge is 0.482 e. The Bertz CT molecular complexity index is 631. The maximum absolute atomic E-state index is 13.1. The van der Waals surface area contributed by atoms with Gasteiger partial charge >= 0.3 is 5.97 Å². The highest BCUT2D eigenvalue weighted by atomic mass is 79.9. The van der Waals surface area contributed by atoms with Gasteiger partial charge in [-0.2, -0.15) is 0 Å². The van der Waals surface area contributed by atoms with Gasteiger partial charge < -0.3 is 15.2 Å². The van der Waals surface area contributed by atoms with Crippen LogP contribution in [0.4, 0.5) is 10.1 Å². The fourth-order valence-corrected chi connectivity index (χ4v) is 1.92. The summed E-state index contributed by atoms with van der Waals surface area (Å²) in [6.45, 7) is -0.251. The van der Waals surface area contributed by atoms with Crippen LogP contribution in [0.15, 0.2) is 46.9 Å². The molecule has 0 amide bonds. The van der Waals surface area contributed by atoms with Crippen LogP contribution in [-0.2, 0) is 16.1 Å². The molecule has 6 heteroatoms. The fourth-order valence-electron chi connectivity index (χ4n) is 1.56. The van der Waals surface area contributed by atoms with E-state index in [1.54, 1.807) is 30.3 Å². The van der Waals surface area contributed by atoms with Crippen molar-refractivity contribution in [2.45, 2.75) is 6.61 Å². The van der Waals surface area contributed by atoms with E-state index in [2.05, 4.69) is 15.9 Å². The minimum atomic E-state index is -0.539. The van der Waals surface area contributed by atoms with Crippen LogP contribution in [0.3, 0.4) is 0 Å². The SMILES string of the molecule is Nc1ccc(OCC(=O)OCc2cc(F)ccc2Br)cc1. The van der Waals surface area contributed by atoms with E-state index < -0.39 is 5.97 Å². The first kappa shape index (κ1) is 15.3. The molecule has 2 aromatic carbocycles. The van der Waals surface area contributed by atoms with Crippen molar-refractivity contribution >= 4 is 27.6 Å². The maximum Gasteiger partial charge on any atom is 0.344 e. The van der Waals surface area contributed by atoms with Gasteiger partial charge in [-0.1, -0.05) is 15.9 Å². The van der Waals surface area contributed by atoms with Crippen molar-refractivity contribution in [2.75, 3.05) is 12.3 Å². The van der Waals surface area contributed by atoms with E-state index in [4.69, 9.17) is 15.2 Å². The Labute approximate surface area is 129 Å². The molecule has 4 nitrogen and oxygen atoms in total. The zero-order chi connectivity index (χ0) is 15.2. The van der Waals surface area contributed by atoms with Gasteiger partial charge in [-0.15, -0.1) is 0 Å². The lowest BCUT2D eigenvalue weighted by Gasteiger charge is -2.08. The molecular weight excluding hydrogens is 341 g/mol. The van der Waals surface area contributed by atoms with Crippen LogP contribution in [0.5, 0.6) is 5.75 Å². The molecule has 2 aromatic rings. The van der Waals surface area contributed by atoms with Gasteiger partial charge in [-0.25, -0.2) is 9.18 Å². The molecule has 2 N–H and O–H groups in total. The van der Waals surface area contributed by atoms with Gasteiger partial charge in [0.2, 0.25) is 0 Å². The molecule has 0 spiro atoms. The Morgan fingerprint density at radius 3 is 2.62 bits per heavy atom. The lowest BCUT2D eigenvalue weighted by atomic mass is 10.2. The van der Waals surface area contributed by atoms with Crippen molar-refractivity contribution in [1.82, 2.24) is 0 Å². The summed E-state index contributed by atoms with van der Waals surface area (Å²) in [5.74, 6) is -0.404. The highest BCUT2D eigenvalue weighted by Gasteiger charge is 2.08. The minimum absolute atomic E-state index is 0.0255. The predicted octanol–water partition coefficient (Wildman–Crippen LogP) is 3.29.